The Bertz CT molecular complexity index is 1210. The molecular weight excluding hydrogens is 576 g/mol. The van der Waals surface area contributed by atoms with E-state index in [4.69, 9.17) is 18.6 Å². The van der Waals surface area contributed by atoms with Gasteiger partial charge in [0.25, 0.3) is 5.69 Å². The fraction of sp³-hybridized carbons (Fsp3) is 0.533. The van der Waals surface area contributed by atoms with Crippen molar-refractivity contribution in [2.24, 2.45) is 11.3 Å². The van der Waals surface area contributed by atoms with Crippen LogP contribution in [0.3, 0.4) is 0 Å². The minimum absolute atomic E-state index is 0.116. The lowest BCUT2D eigenvalue weighted by atomic mass is 9.67. The van der Waals surface area contributed by atoms with Crippen LogP contribution >= 0.6 is 0 Å². The highest BCUT2D eigenvalue weighted by molar-refractivity contribution is 6.74. The quantitative estimate of drug-likeness (QED) is 0.0406. The van der Waals surface area contributed by atoms with Crippen LogP contribution in [0.15, 0.2) is 49.6 Å². The van der Waals surface area contributed by atoms with Crippen molar-refractivity contribution in [2.75, 3.05) is 19.8 Å². The van der Waals surface area contributed by atoms with Crippen LogP contribution in [0.25, 0.3) is 0 Å². The van der Waals surface area contributed by atoms with Gasteiger partial charge in [0.2, 0.25) is 5.91 Å². The molecule has 13 heteroatoms. The van der Waals surface area contributed by atoms with Gasteiger partial charge < -0.3 is 23.5 Å². The molecule has 3 atom stereocenters. The molecule has 1 fully saturated rings. The van der Waals surface area contributed by atoms with Crippen molar-refractivity contribution >= 4 is 37.8 Å². The predicted molar refractivity (Wildman–Crippen MR) is 160 cm³/mol. The summed E-state index contributed by atoms with van der Waals surface area (Å²) in [6.07, 6.45) is 1.96. The van der Waals surface area contributed by atoms with E-state index in [-0.39, 0.29) is 30.5 Å². The lowest BCUT2D eigenvalue weighted by molar-refractivity contribution is -0.384. The van der Waals surface area contributed by atoms with E-state index < -0.39 is 67.1 Å². The number of nitro groups is 1. The molecule has 236 valence electrons. The Hall–Kier alpha value is -3.84. The third-order valence-electron chi connectivity index (χ3n) is 7.99. The van der Waals surface area contributed by atoms with Crippen LogP contribution < -0.4 is 0 Å². The van der Waals surface area contributed by atoms with E-state index in [1.54, 1.807) is 6.92 Å². The summed E-state index contributed by atoms with van der Waals surface area (Å²) in [5.41, 5.74) is -1.66. The van der Waals surface area contributed by atoms with Crippen molar-refractivity contribution in [3.8, 4) is 0 Å². The Morgan fingerprint density at radius 3 is 1.98 bits per heavy atom. The van der Waals surface area contributed by atoms with Crippen molar-refractivity contribution in [3.05, 3.63) is 65.3 Å². The number of β-lactam (4-membered cyclic amide) rings is 1. The van der Waals surface area contributed by atoms with Crippen LogP contribution in [0, 0.1) is 21.4 Å². The normalized spacial score (nSPS) is 17.7. The smallest absolute Gasteiger partial charge is 0.325 e. The summed E-state index contributed by atoms with van der Waals surface area (Å²) in [5.74, 6) is -4.19. The summed E-state index contributed by atoms with van der Waals surface area (Å²) in [7, 11) is -2.41. The SMILES string of the molecule is C=CCOC(=O)C(C)(C(=O)OCC=C)[C@@H]1[C@@H]([C@@H](C)O[Si](C)(C)C(C)(C)C)C(=O)N1CC(=O)OCc1ccc([N+](=O)[O-])cc1. The van der Waals surface area contributed by atoms with Crippen LogP contribution in [-0.2, 0) is 44.4 Å². The zero-order valence-corrected chi connectivity index (χ0v) is 26.9. The first kappa shape index (κ1) is 35.4. The van der Waals surface area contributed by atoms with Crippen LogP contribution in [0.5, 0.6) is 0 Å². The van der Waals surface area contributed by atoms with E-state index in [2.05, 4.69) is 13.2 Å². The molecule has 2 rings (SSSR count). The zero-order chi connectivity index (χ0) is 32.8. The maximum Gasteiger partial charge on any atom is 0.325 e. The van der Waals surface area contributed by atoms with E-state index in [9.17, 15) is 29.3 Å². The summed E-state index contributed by atoms with van der Waals surface area (Å²) in [6, 6.07) is 4.28. The Morgan fingerprint density at radius 2 is 1.53 bits per heavy atom. The number of hydrogen-bond donors (Lipinski definition) is 0. The molecule has 43 heavy (non-hydrogen) atoms. The molecule has 1 heterocycles. The van der Waals surface area contributed by atoms with Crippen LogP contribution in [0.4, 0.5) is 5.69 Å². The van der Waals surface area contributed by atoms with Crippen molar-refractivity contribution in [2.45, 2.75) is 71.5 Å². The van der Waals surface area contributed by atoms with Crippen LogP contribution in [0.1, 0.15) is 40.2 Å². The monoisotopic (exact) mass is 618 g/mol. The van der Waals surface area contributed by atoms with Crippen LogP contribution in [0.2, 0.25) is 18.1 Å². The van der Waals surface area contributed by atoms with E-state index in [0.29, 0.717) is 5.56 Å². The molecule has 0 spiro atoms. The minimum atomic E-state index is -2.41. The highest BCUT2D eigenvalue weighted by Crippen LogP contribution is 2.46. The molecule has 0 radical (unpaired) electrons. The number of carbonyl (C=O) groups excluding carboxylic acids is 4. The molecule has 12 nitrogen and oxygen atoms in total. The van der Waals surface area contributed by atoms with Gasteiger partial charge in [-0.15, -0.1) is 0 Å². The topological polar surface area (TPSA) is 152 Å². The fourth-order valence-electron chi connectivity index (χ4n) is 4.55. The lowest BCUT2D eigenvalue weighted by Gasteiger charge is -2.55. The number of nitrogens with zero attached hydrogens (tertiary/aromatic N) is 2. The molecule has 0 unspecified atom stereocenters. The van der Waals surface area contributed by atoms with Gasteiger partial charge in [-0.2, -0.15) is 0 Å². The van der Waals surface area contributed by atoms with E-state index >= 15 is 0 Å². The molecule has 0 saturated carbocycles. The molecule has 1 aliphatic rings. The number of ether oxygens (including phenoxy) is 3. The van der Waals surface area contributed by atoms with Crippen LogP contribution in [-0.4, -0.2) is 73.9 Å². The van der Waals surface area contributed by atoms with Crippen molar-refractivity contribution in [3.63, 3.8) is 0 Å². The van der Waals surface area contributed by atoms with Gasteiger partial charge in [-0.1, -0.05) is 46.1 Å². The maximum atomic E-state index is 13.6. The lowest BCUT2D eigenvalue weighted by Crippen LogP contribution is -2.74. The number of hydrogen-bond acceptors (Lipinski definition) is 10. The fourth-order valence-corrected chi connectivity index (χ4v) is 5.98. The van der Waals surface area contributed by atoms with E-state index in [1.165, 1.54) is 43.3 Å². The number of non-ortho nitro benzene ring substituents is 1. The van der Waals surface area contributed by atoms with E-state index in [1.807, 2.05) is 33.9 Å². The molecule has 1 aromatic rings. The van der Waals surface area contributed by atoms with Gasteiger partial charge in [0, 0.05) is 12.1 Å². The average Bonchev–Trinajstić information content (AvgIpc) is 2.93. The van der Waals surface area contributed by atoms with Gasteiger partial charge in [-0.25, -0.2) is 0 Å². The molecule has 1 saturated heterocycles. The van der Waals surface area contributed by atoms with Gasteiger partial charge in [0.15, 0.2) is 13.7 Å². The minimum Gasteiger partial charge on any atom is -0.461 e. The van der Waals surface area contributed by atoms with Crippen molar-refractivity contribution < 1.29 is 42.7 Å². The Morgan fingerprint density at radius 1 is 1.02 bits per heavy atom. The molecular formula is C30H42N2O10Si. The average molecular weight is 619 g/mol. The maximum absolute atomic E-state index is 13.6. The number of amides is 1. The third-order valence-corrected chi connectivity index (χ3v) is 12.6. The van der Waals surface area contributed by atoms with Gasteiger partial charge in [-0.05, 0) is 49.7 Å². The first-order valence-corrected chi connectivity index (χ1v) is 16.8. The molecule has 1 amide bonds. The number of esters is 3. The van der Waals surface area contributed by atoms with Gasteiger partial charge in [0.1, 0.15) is 26.4 Å². The van der Waals surface area contributed by atoms with Gasteiger partial charge in [0.05, 0.1) is 23.0 Å². The second kappa shape index (κ2) is 14.1. The van der Waals surface area contributed by atoms with Crippen molar-refractivity contribution in [1.29, 1.82) is 0 Å². The number of likely N-dealkylation sites (tertiary alicyclic amines) is 1. The second-order valence-electron chi connectivity index (χ2n) is 12.1. The van der Waals surface area contributed by atoms with Crippen molar-refractivity contribution in [1.82, 2.24) is 4.90 Å². The molecule has 0 aliphatic carbocycles. The first-order valence-electron chi connectivity index (χ1n) is 13.9. The first-order chi connectivity index (χ1) is 19.9. The largest absolute Gasteiger partial charge is 0.461 e. The molecule has 0 N–H and O–H groups in total. The predicted octanol–water partition coefficient (Wildman–Crippen LogP) is 4.34. The second-order valence-corrected chi connectivity index (χ2v) is 16.8. The summed E-state index contributed by atoms with van der Waals surface area (Å²) < 4.78 is 22.4. The number of nitro benzene ring substituents is 1. The number of carbonyl (C=O) groups is 4. The highest BCUT2D eigenvalue weighted by Gasteiger charge is 2.66. The standard InChI is InChI=1S/C30H42N2O10Si/c1-10-16-39-27(35)30(7,28(36)40-17-11-2)25-24(20(3)42-43(8,9)29(4,5)6)26(34)31(25)18-23(33)41-19-21-12-14-22(15-13-21)32(37)38/h10-15,20,24-25H,1-2,16-19H2,3-9H3/t20-,24-,25+/m1/s1. The Labute approximate surface area is 253 Å². The molecule has 1 aliphatic heterocycles. The summed E-state index contributed by atoms with van der Waals surface area (Å²) in [6.45, 7) is 19.1. The number of benzene rings is 1. The summed E-state index contributed by atoms with van der Waals surface area (Å²) in [5, 5.41) is 10.7. The van der Waals surface area contributed by atoms with Gasteiger partial charge in [-0.3, -0.25) is 29.3 Å². The zero-order valence-electron chi connectivity index (χ0n) is 25.9. The molecule has 0 aromatic heterocycles. The highest BCUT2D eigenvalue weighted by atomic mass is 28.4. The van der Waals surface area contributed by atoms with E-state index in [0.717, 1.165) is 4.90 Å². The summed E-state index contributed by atoms with van der Waals surface area (Å²) >= 11 is 0. The number of rotatable bonds is 15. The Balaban J connectivity index is 2.42. The third kappa shape index (κ3) is 7.96. The molecule has 0 bridgehead atoms. The van der Waals surface area contributed by atoms with Gasteiger partial charge >= 0.3 is 17.9 Å². The molecule has 1 aromatic carbocycles. The summed E-state index contributed by atoms with van der Waals surface area (Å²) in [4.78, 5) is 65.0. The Kier molecular flexibility index (Phi) is 11.6.